The molecule has 2 aromatic carbocycles. The summed E-state index contributed by atoms with van der Waals surface area (Å²) in [5.41, 5.74) is 0.993. The first-order valence-corrected chi connectivity index (χ1v) is 7.86. The predicted octanol–water partition coefficient (Wildman–Crippen LogP) is 2.51. The van der Waals surface area contributed by atoms with Gasteiger partial charge in [-0.05, 0) is 41.5 Å². The van der Waals surface area contributed by atoms with Crippen molar-refractivity contribution in [1.82, 2.24) is 0 Å². The number of carboxylic acids is 2. The van der Waals surface area contributed by atoms with Crippen molar-refractivity contribution in [3.05, 3.63) is 53.1 Å². The minimum Gasteiger partial charge on any atom is -0.504 e. The summed E-state index contributed by atoms with van der Waals surface area (Å²) >= 11 is 0. The highest BCUT2D eigenvalue weighted by atomic mass is 16.5. The van der Waals surface area contributed by atoms with Crippen LogP contribution in [0.5, 0.6) is 23.0 Å². The van der Waals surface area contributed by atoms with Crippen LogP contribution in [0.4, 0.5) is 0 Å². The first-order valence-electron chi connectivity index (χ1n) is 7.86. The first-order chi connectivity index (χ1) is 12.8. The van der Waals surface area contributed by atoms with Gasteiger partial charge in [-0.1, -0.05) is 6.07 Å². The molecule has 0 unspecified atom stereocenters. The van der Waals surface area contributed by atoms with Crippen molar-refractivity contribution in [1.29, 1.82) is 0 Å². The molecular weight excluding hydrogens is 356 g/mol. The Morgan fingerprint density at radius 3 is 2.48 bits per heavy atom. The Balaban J connectivity index is 2.07. The second-order valence-electron chi connectivity index (χ2n) is 5.92. The fourth-order valence-corrected chi connectivity index (χ4v) is 3.03. The monoisotopic (exact) mass is 372 g/mol. The molecule has 140 valence electrons. The van der Waals surface area contributed by atoms with Gasteiger partial charge in [0.1, 0.15) is 12.0 Å². The molecule has 1 aliphatic heterocycles. The van der Waals surface area contributed by atoms with E-state index in [4.69, 9.17) is 14.6 Å². The molecule has 0 aliphatic carbocycles. The zero-order chi connectivity index (χ0) is 19.7. The van der Waals surface area contributed by atoms with Crippen molar-refractivity contribution < 1.29 is 39.5 Å². The molecule has 0 aromatic heterocycles. The summed E-state index contributed by atoms with van der Waals surface area (Å²) < 4.78 is 10.8. The number of fused-ring (bicyclic) bond motifs is 1. The number of ether oxygens (including phenoxy) is 2. The second-order valence-corrected chi connectivity index (χ2v) is 5.92. The van der Waals surface area contributed by atoms with Crippen LogP contribution in [0.25, 0.3) is 6.08 Å². The number of carboxylic acid groups (broad SMARTS) is 2. The average Bonchev–Trinajstić information content (AvgIpc) is 3.00. The van der Waals surface area contributed by atoms with E-state index in [0.29, 0.717) is 11.1 Å². The van der Waals surface area contributed by atoms with Crippen molar-refractivity contribution in [2.75, 3.05) is 7.11 Å². The van der Waals surface area contributed by atoms with Gasteiger partial charge in [0.25, 0.3) is 0 Å². The molecular formula is C19H16O8. The normalized spacial score (nSPS) is 18.1. The van der Waals surface area contributed by atoms with E-state index >= 15 is 0 Å². The fraction of sp³-hybridized carbons (Fsp3) is 0.158. The predicted molar refractivity (Wildman–Crippen MR) is 93.2 cm³/mol. The Bertz CT molecular complexity index is 947. The molecule has 8 heteroatoms. The van der Waals surface area contributed by atoms with Crippen molar-refractivity contribution in [2.24, 2.45) is 0 Å². The number of hydrogen-bond acceptors (Lipinski definition) is 6. The van der Waals surface area contributed by atoms with Gasteiger partial charge in [-0.2, -0.15) is 0 Å². The molecule has 1 heterocycles. The number of aliphatic carboxylic acids is 2. The Labute approximate surface area is 153 Å². The maximum absolute atomic E-state index is 11.9. The lowest BCUT2D eigenvalue weighted by molar-refractivity contribution is -0.140. The Morgan fingerprint density at radius 2 is 1.85 bits per heavy atom. The highest BCUT2D eigenvalue weighted by molar-refractivity contribution is 5.86. The maximum atomic E-state index is 11.9. The number of aromatic hydroxyl groups is 2. The van der Waals surface area contributed by atoms with Gasteiger partial charge in [0.2, 0.25) is 0 Å². The van der Waals surface area contributed by atoms with E-state index in [1.54, 1.807) is 0 Å². The Hall–Kier alpha value is -3.68. The van der Waals surface area contributed by atoms with E-state index in [0.717, 1.165) is 6.08 Å². The third-order valence-electron chi connectivity index (χ3n) is 4.22. The van der Waals surface area contributed by atoms with Crippen molar-refractivity contribution >= 4 is 18.0 Å². The lowest BCUT2D eigenvalue weighted by Gasteiger charge is -2.17. The second kappa shape index (κ2) is 6.91. The summed E-state index contributed by atoms with van der Waals surface area (Å²) in [6.07, 6.45) is 1.17. The molecule has 2 atom stereocenters. The van der Waals surface area contributed by atoms with E-state index in [1.165, 1.54) is 43.5 Å². The smallest absolute Gasteiger partial charge is 0.328 e. The van der Waals surface area contributed by atoms with Crippen LogP contribution < -0.4 is 9.47 Å². The third-order valence-corrected chi connectivity index (χ3v) is 4.22. The molecule has 8 nitrogen and oxygen atoms in total. The SMILES string of the molecule is COc1cc([C@@H]2Oc3c(O)cc(/C=C/C(=O)O)cc3[C@H]2C(=O)O)ccc1O. The molecule has 0 bridgehead atoms. The molecule has 0 amide bonds. The van der Waals surface area contributed by atoms with Crippen molar-refractivity contribution in [2.45, 2.75) is 12.0 Å². The summed E-state index contributed by atoms with van der Waals surface area (Å²) in [5.74, 6) is -3.71. The van der Waals surface area contributed by atoms with Gasteiger partial charge in [-0.15, -0.1) is 0 Å². The van der Waals surface area contributed by atoms with Crippen LogP contribution in [-0.4, -0.2) is 39.5 Å². The van der Waals surface area contributed by atoms with Gasteiger partial charge in [0, 0.05) is 11.6 Å². The van der Waals surface area contributed by atoms with Crippen LogP contribution in [-0.2, 0) is 9.59 Å². The van der Waals surface area contributed by atoms with Crippen LogP contribution in [0.2, 0.25) is 0 Å². The highest BCUT2D eigenvalue weighted by Gasteiger charge is 2.42. The molecule has 4 N–H and O–H groups in total. The zero-order valence-electron chi connectivity index (χ0n) is 14.1. The summed E-state index contributed by atoms with van der Waals surface area (Å²) in [6, 6.07) is 7.08. The van der Waals surface area contributed by atoms with Gasteiger partial charge in [0.15, 0.2) is 23.0 Å². The van der Waals surface area contributed by atoms with Crippen LogP contribution in [0, 0.1) is 0 Å². The molecule has 0 spiro atoms. The highest BCUT2D eigenvalue weighted by Crippen LogP contribution is 2.51. The van der Waals surface area contributed by atoms with Gasteiger partial charge in [-0.3, -0.25) is 4.79 Å². The van der Waals surface area contributed by atoms with Crippen molar-refractivity contribution in [3.8, 4) is 23.0 Å². The average molecular weight is 372 g/mol. The van der Waals surface area contributed by atoms with Crippen LogP contribution in [0.3, 0.4) is 0 Å². The molecule has 0 fully saturated rings. The number of carbonyl (C=O) groups is 2. The quantitative estimate of drug-likeness (QED) is 0.588. The number of rotatable bonds is 5. The lowest BCUT2D eigenvalue weighted by atomic mass is 9.90. The van der Waals surface area contributed by atoms with E-state index in [-0.39, 0.29) is 28.6 Å². The fourth-order valence-electron chi connectivity index (χ4n) is 3.03. The molecule has 0 saturated heterocycles. The summed E-state index contributed by atoms with van der Waals surface area (Å²) in [6.45, 7) is 0. The van der Waals surface area contributed by atoms with Gasteiger partial charge in [0.05, 0.1) is 7.11 Å². The topological polar surface area (TPSA) is 134 Å². The first kappa shape index (κ1) is 18.1. The lowest BCUT2D eigenvalue weighted by Crippen LogP contribution is -2.18. The molecule has 0 saturated carbocycles. The number of phenolic OH excluding ortho intramolecular Hbond substituents is 2. The minimum absolute atomic E-state index is 0.0203. The van der Waals surface area contributed by atoms with E-state index in [2.05, 4.69) is 0 Å². The molecule has 0 radical (unpaired) electrons. The Morgan fingerprint density at radius 1 is 1.11 bits per heavy atom. The Kier molecular flexibility index (Phi) is 4.64. The van der Waals surface area contributed by atoms with Gasteiger partial charge >= 0.3 is 11.9 Å². The molecule has 2 aromatic rings. The molecule has 3 rings (SSSR count). The van der Waals surface area contributed by atoms with Crippen molar-refractivity contribution in [3.63, 3.8) is 0 Å². The molecule has 27 heavy (non-hydrogen) atoms. The zero-order valence-corrected chi connectivity index (χ0v) is 14.1. The van der Waals surface area contributed by atoms with Gasteiger partial charge < -0.3 is 29.9 Å². The van der Waals surface area contributed by atoms with Crippen LogP contribution in [0.15, 0.2) is 36.4 Å². The summed E-state index contributed by atoms with van der Waals surface area (Å²) in [4.78, 5) is 22.6. The summed E-state index contributed by atoms with van der Waals surface area (Å²) in [5, 5.41) is 38.4. The van der Waals surface area contributed by atoms with E-state index in [9.17, 15) is 24.9 Å². The largest absolute Gasteiger partial charge is 0.504 e. The number of phenols is 2. The molecule has 1 aliphatic rings. The van der Waals surface area contributed by atoms with E-state index in [1.807, 2.05) is 0 Å². The van der Waals surface area contributed by atoms with Crippen LogP contribution in [0.1, 0.15) is 28.7 Å². The number of methoxy groups -OCH3 is 1. The minimum atomic E-state index is -1.18. The van der Waals surface area contributed by atoms with Crippen LogP contribution >= 0.6 is 0 Å². The number of benzene rings is 2. The van der Waals surface area contributed by atoms with E-state index < -0.39 is 24.0 Å². The number of hydrogen-bond donors (Lipinski definition) is 4. The van der Waals surface area contributed by atoms with Gasteiger partial charge in [-0.25, -0.2) is 4.79 Å². The summed E-state index contributed by atoms with van der Waals surface area (Å²) in [7, 11) is 1.37. The standard InChI is InChI=1S/C19H16O8/c1-26-14-8-10(3-4-12(14)20)17-16(19(24)25)11-6-9(2-5-15(22)23)7-13(21)18(11)27-17/h2-8,16-17,20-21H,1H3,(H,22,23)(H,24,25)/b5-2+/t16-,17+/m1/s1. The third kappa shape index (κ3) is 3.37. The maximum Gasteiger partial charge on any atom is 0.328 e.